The molecule has 1 aromatic carbocycles. The summed E-state index contributed by atoms with van der Waals surface area (Å²) in [5, 5.41) is 2.91. The van der Waals surface area contributed by atoms with E-state index >= 15 is 0 Å². The second-order valence-electron chi connectivity index (χ2n) is 7.84. The standard InChI is InChI=1S/C22H26N6O3S/c1-26(2)32(30,31)18-6-7-20(27-10-3-4-11-27)19(13-18)22(29)25-15-17-5-8-21(24-14-17)28-12-9-23-16-28/h5-9,12-14,16H,3-4,10-11,15H2,1-2H3,(H,25,29). The fourth-order valence-electron chi connectivity index (χ4n) is 3.65. The molecule has 168 valence electrons. The topological polar surface area (TPSA) is 100 Å². The van der Waals surface area contributed by atoms with Crippen molar-refractivity contribution < 1.29 is 13.2 Å². The number of nitrogens with zero attached hydrogens (tertiary/aromatic N) is 5. The van der Waals surface area contributed by atoms with Crippen molar-refractivity contribution in [2.45, 2.75) is 24.3 Å². The van der Waals surface area contributed by atoms with Crippen LogP contribution in [-0.4, -0.2) is 60.4 Å². The van der Waals surface area contributed by atoms with Gasteiger partial charge in [-0.25, -0.2) is 22.7 Å². The summed E-state index contributed by atoms with van der Waals surface area (Å²) in [6, 6.07) is 8.51. The minimum atomic E-state index is -3.65. The van der Waals surface area contributed by atoms with Gasteiger partial charge in [0.05, 0.1) is 10.5 Å². The maximum absolute atomic E-state index is 13.1. The van der Waals surface area contributed by atoms with E-state index in [0.29, 0.717) is 5.56 Å². The second kappa shape index (κ2) is 9.09. The lowest BCUT2D eigenvalue weighted by atomic mass is 10.1. The van der Waals surface area contributed by atoms with Gasteiger partial charge in [0.1, 0.15) is 12.1 Å². The molecule has 0 atom stereocenters. The van der Waals surface area contributed by atoms with Crippen LogP contribution >= 0.6 is 0 Å². The number of imidazole rings is 1. The van der Waals surface area contributed by atoms with Crippen molar-refractivity contribution in [1.29, 1.82) is 0 Å². The number of hydrogen-bond donors (Lipinski definition) is 1. The van der Waals surface area contributed by atoms with Gasteiger partial charge in [0.2, 0.25) is 10.0 Å². The molecule has 32 heavy (non-hydrogen) atoms. The maximum Gasteiger partial charge on any atom is 0.253 e. The van der Waals surface area contributed by atoms with Crippen LogP contribution in [0.25, 0.3) is 5.82 Å². The summed E-state index contributed by atoms with van der Waals surface area (Å²) in [5.41, 5.74) is 1.95. The van der Waals surface area contributed by atoms with Crippen LogP contribution in [0.1, 0.15) is 28.8 Å². The molecule has 0 radical (unpaired) electrons. The number of benzene rings is 1. The molecule has 1 saturated heterocycles. The van der Waals surface area contributed by atoms with E-state index in [1.807, 2.05) is 12.1 Å². The van der Waals surface area contributed by atoms with E-state index in [-0.39, 0.29) is 17.3 Å². The molecular formula is C22H26N6O3S. The second-order valence-corrected chi connectivity index (χ2v) is 9.99. The Kier molecular flexibility index (Phi) is 6.24. The minimum absolute atomic E-state index is 0.0990. The van der Waals surface area contributed by atoms with E-state index in [4.69, 9.17) is 0 Å². The molecule has 0 spiro atoms. The summed E-state index contributed by atoms with van der Waals surface area (Å²) in [7, 11) is -0.697. The third-order valence-corrected chi connectivity index (χ3v) is 7.28. The van der Waals surface area contributed by atoms with E-state index in [1.165, 1.54) is 20.2 Å². The third kappa shape index (κ3) is 4.51. The number of anilines is 1. The van der Waals surface area contributed by atoms with Crippen molar-refractivity contribution in [2.75, 3.05) is 32.1 Å². The molecule has 0 unspecified atom stereocenters. The fourth-order valence-corrected chi connectivity index (χ4v) is 4.58. The van der Waals surface area contributed by atoms with E-state index < -0.39 is 10.0 Å². The van der Waals surface area contributed by atoms with Gasteiger partial charge in [0, 0.05) is 58.0 Å². The number of rotatable bonds is 7. The number of hydrogen-bond acceptors (Lipinski definition) is 6. The van der Waals surface area contributed by atoms with Crippen molar-refractivity contribution in [2.24, 2.45) is 0 Å². The van der Waals surface area contributed by atoms with Crippen LogP contribution in [-0.2, 0) is 16.6 Å². The number of carbonyl (C=O) groups excluding carboxylic acids is 1. The van der Waals surface area contributed by atoms with Gasteiger partial charge in [-0.05, 0) is 42.7 Å². The zero-order chi connectivity index (χ0) is 22.7. The molecule has 1 N–H and O–H groups in total. The van der Waals surface area contributed by atoms with Crippen molar-refractivity contribution in [3.05, 3.63) is 66.4 Å². The zero-order valence-corrected chi connectivity index (χ0v) is 18.9. The van der Waals surface area contributed by atoms with Gasteiger partial charge in [0.15, 0.2) is 0 Å². The van der Waals surface area contributed by atoms with Crippen LogP contribution < -0.4 is 10.2 Å². The fraction of sp³-hybridized carbons (Fsp3) is 0.318. The highest BCUT2D eigenvalue weighted by atomic mass is 32.2. The van der Waals surface area contributed by atoms with Gasteiger partial charge in [-0.2, -0.15) is 0 Å². The van der Waals surface area contributed by atoms with Crippen molar-refractivity contribution in [3.63, 3.8) is 0 Å². The van der Waals surface area contributed by atoms with Gasteiger partial charge in [-0.15, -0.1) is 0 Å². The summed E-state index contributed by atoms with van der Waals surface area (Å²) in [4.78, 5) is 23.7. The number of carbonyl (C=O) groups is 1. The van der Waals surface area contributed by atoms with Crippen molar-refractivity contribution >= 4 is 21.6 Å². The van der Waals surface area contributed by atoms with Gasteiger partial charge < -0.3 is 10.2 Å². The molecule has 0 aliphatic carbocycles. The summed E-state index contributed by atoms with van der Waals surface area (Å²) < 4.78 is 28.2. The number of pyridine rings is 1. The maximum atomic E-state index is 13.1. The van der Waals surface area contributed by atoms with Gasteiger partial charge >= 0.3 is 0 Å². The molecular weight excluding hydrogens is 428 g/mol. The summed E-state index contributed by atoms with van der Waals surface area (Å²) in [5.74, 6) is 0.414. The molecule has 10 heteroatoms. The summed E-state index contributed by atoms with van der Waals surface area (Å²) in [6.07, 6.45) is 8.95. The van der Waals surface area contributed by atoms with Crippen LogP contribution in [0.2, 0.25) is 0 Å². The largest absolute Gasteiger partial charge is 0.371 e. The molecule has 2 aromatic heterocycles. The summed E-state index contributed by atoms with van der Waals surface area (Å²) >= 11 is 0. The Bertz CT molecular complexity index is 1180. The average Bonchev–Trinajstić information content (AvgIpc) is 3.52. The van der Waals surface area contributed by atoms with E-state index in [2.05, 4.69) is 20.2 Å². The van der Waals surface area contributed by atoms with Crippen LogP contribution in [0.15, 0.2) is 60.1 Å². The number of amides is 1. The molecule has 0 bridgehead atoms. The monoisotopic (exact) mass is 454 g/mol. The number of sulfonamides is 1. The molecule has 1 amide bonds. The number of aromatic nitrogens is 3. The highest BCUT2D eigenvalue weighted by Gasteiger charge is 2.24. The first-order valence-corrected chi connectivity index (χ1v) is 11.8. The van der Waals surface area contributed by atoms with Crippen LogP contribution in [0, 0.1) is 0 Å². The van der Waals surface area contributed by atoms with Crippen LogP contribution in [0.3, 0.4) is 0 Å². The van der Waals surface area contributed by atoms with E-state index in [9.17, 15) is 13.2 Å². The van der Waals surface area contributed by atoms with Gasteiger partial charge in [-0.3, -0.25) is 9.36 Å². The van der Waals surface area contributed by atoms with Gasteiger partial charge in [0.25, 0.3) is 5.91 Å². The first-order chi connectivity index (χ1) is 15.4. The first kappa shape index (κ1) is 22.0. The normalized spacial score (nSPS) is 14.2. The van der Waals surface area contributed by atoms with E-state index in [1.54, 1.807) is 41.6 Å². The quantitative estimate of drug-likeness (QED) is 0.587. The molecule has 3 aromatic rings. The predicted octanol–water partition coefficient (Wildman–Crippen LogP) is 2.05. The zero-order valence-electron chi connectivity index (χ0n) is 18.1. The lowest BCUT2D eigenvalue weighted by Gasteiger charge is -2.22. The smallest absolute Gasteiger partial charge is 0.253 e. The SMILES string of the molecule is CN(C)S(=O)(=O)c1ccc(N2CCCC2)c(C(=O)NCc2ccc(-n3ccnc3)nc2)c1. The van der Waals surface area contributed by atoms with Crippen LogP contribution in [0.4, 0.5) is 5.69 Å². The molecule has 4 rings (SSSR count). The molecule has 3 heterocycles. The average molecular weight is 455 g/mol. The van der Waals surface area contributed by atoms with Crippen molar-refractivity contribution in [3.8, 4) is 5.82 Å². The lowest BCUT2D eigenvalue weighted by Crippen LogP contribution is -2.28. The third-order valence-electron chi connectivity index (χ3n) is 5.47. The molecule has 1 fully saturated rings. The van der Waals surface area contributed by atoms with E-state index in [0.717, 1.165) is 47.3 Å². The molecule has 1 aliphatic rings. The lowest BCUT2D eigenvalue weighted by molar-refractivity contribution is 0.0951. The van der Waals surface area contributed by atoms with Gasteiger partial charge in [-0.1, -0.05) is 6.07 Å². The number of nitrogens with one attached hydrogen (secondary N) is 1. The highest BCUT2D eigenvalue weighted by molar-refractivity contribution is 7.89. The Morgan fingerprint density at radius 1 is 1.16 bits per heavy atom. The van der Waals surface area contributed by atoms with Crippen LogP contribution in [0.5, 0.6) is 0 Å². The first-order valence-electron chi connectivity index (χ1n) is 10.4. The minimum Gasteiger partial charge on any atom is -0.371 e. The highest BCUT2D eigenvalue weighted by Crippen LogP contribution is 2.28. The molecule has 9 nitrogen and oxygen atoms in total. The Balaban J connectivity index is 1.55. The van der Waals surface area contributed by atoms with Crippen molar-refractivity contribution in [1.82, 2.24) is 24.2 Å². The predicted molar refractivity (Wildman–Crippen MR) is 121 cm³/mol. The molecule has 1 aliphatic heterocycles. The molecule has 0 saturated carbocycles. The summed E-state index contributed by atoms with van der Waals surface area (Å²) in [6.45, 7) is 1.97. The Hall–Kier alpha value is -3.24. The Morgan fingerprint density at radius 3 is 2.56 bits per heavy atom. The Morgan fingerprint density at radius 2 is 1.94 bits per heavy atom. The Labute approximate surface area is 187 Å².